The molecule has 0 aliphatic heterocycles. The van der Waals surface area contributed by atoms with E-state index < -0.39 is 0 Å². The van der Waals surface area contributed by atoms with Gasteiger partial charge in [-0.05, 0) is 43.7 Å². The number of hydrogen-bond donors (Lipinski definition) is 1. The van der Waals surface area contributed by atoms with E-state index in [1.807, 2.05) is 31.0 Å². The topological polar surface area (TPSA) is 42.7 Å². The Morgan fingerprint density at radius 2 is 2.10 bits per heavy atom. The van der Waals surface area contributed by atoms with Crippen LogP contribution in [-0.4, -0.2) is 21.8 Å². The van der Waals surface area contributed by atoms with Gasteiger partial charge in [-0.1, -0.05) is 18.2 Å². The lowest BCUT2D eigenvalue weighted by Crippen LogP contribution is -2.20. The molecule has 0 fully saturated rings. The van der Waals surface area contributed by atoms with Gasteiger partial charge in [0.1, 0.15) is 0 Å². The van der Waals surface area contributed by atoms with Gasteiger partial charge in [-0.25, -0.2) is 0 Å². The number of pyridine rings is 1. The van der Waals surface area contributed by atoms with E-state index in [2.05, 4.69) is 47.8 Å². The van der Waals surface area contributed by atoms with Gasteiger partial charge in [0.25, 0.3) is 0 Å². The van der Waals surface area contributed by atoms with Crippen molar-refractivity contribution in [1.29, 1.82) is 0 Å². The van der Waals surface area contributed by atoms with Crippen LogP contribution in [0.2, 0.25) is 0 Å². The van der Waals surface area contributed by atoms with E-state index in [1.54, 1.807) is 0 Å². The minimum Gasteiger partial charge on any atom is -0.311 e. The molecule has 0 saturated heterocycles. The highest BCUT2D eigenvalue weighted by molar-refractivity contribution is 5.82. The fraction of sp³-hybridized carbons (Fsp3) is 0.294. The number of likely N-dealkylation sites (N-methyl/N-ethyl adjacent to an activating group) is 1. The first kappa shape index (κ1) is 13.8. The number of hydrogen-bond acceptors (Lipinski definition) is 3. The summed E-state index contributed by atoms with van der Waals surface area (Å²) in [5, 5.41) is 8.82. The van der Waals surface area contributed by atoms with Gasteiger partial charge in [0.15, 0.2) is 0 Å². The number of para-hydroxylation sites is 1. The lowest BCUT2D eigenvalue weighted by atomic mass is 10.0. The molecule has 1 atom stereocenters. The Labute approximate surface area is 124 Å². The van der Waals surface area contributed by atoms with Gasteiger partial charge in [0.05, 0.1) is 23.4 Å². The van der Waals surface area contributed by atoms with Crippen LogP contribution in [0, 0.1) is 6.92 Å². The van der Waals surface area contributed by atoms with E-state index in [4.69, 9.17) is 4.98 Å². The number of nitrogens with zero attached hydrogens (tertiary/aromatic N) is 3. The normalized spacial score (nSPS) is 12.7. The number of fused-ring (bicyclic) bond motifs is 1. The maximum atomic E-state index is 4.82. The highest BCUT2D eigenvalue weighted by Gasteiger charge is 2.14. The third-order valence-corrected chi connectivity index (χ3v) is 3.85. The molecule has 0 amide bonds. The Morgan fingerprint density at radius 3 is 2.81 bits per heavy atom. The van der Waals surface area contributed by atoms with E-state index in [0.29, 0.717) is 0 Å². The van der Waals surface area contributed by atoms with Crippen LogP contribution in [0.15, 0.2) is 42.7 Å². The Kier molecular flexibility index (Phi) is 3.71. The minimum atomic E-state index is 0.192. The van der Waals surface area contributed by atoms with E-state index in [1.165, 1.54) is 16.5 Å². The molecule has 1 aromatic carbocycles. The molecule has 0 aliphatic carbocycles. The molecule has 0 spiro atoms. The van der Waals surface area contributed by atoms with Crippen molar-refractivity contribution >= 4 is 10.9 Å². The predicted octanol–water partition coefficient (Wildman–Crippen LogP) is 2.78. The molecule has 2 aromatic heterocycles. The Bertz CT molecular complexity index is 760. The highest BCUT2D eigenvalue weighted by atomic mass is 15.2. The fourth-order valence-corrected chi connectivity index (χ4v) is 2.72. The Hall–Kier alpha value is -2.20. The smallest absolute Gasteiger partial charge is 0.0708 e. The molecule has 4 heteroatoms. The summed E-state index contributed by atoms with van der Waals surface area (Å²) in [7, 11) is 3.92. The average Bonchev–Trinajstić information content (AvgIpc) is 2.90. The van der Waals surface area contributed by atoms with Crippen LogP contribution < -0.4 is 5.32 Å². The van der Waals surface area contributed by atoms with Crippen LogP contribution in [-0.2, 0) is 13.5 Å². The zero-order valence-corrected chi connectivity index (χ0v) is 12.7. The summed E-state index contributed by atoms with van der Waals surface area (Å²) in [6, 6.07) is 10.7. The van der Waals surface area contributed by atoms with Crippen molar-refractivity contribution in [3.8, 4) is 0 Å². The van der Waals surface area contributed by atoms with Crippen LogP contribution in [0.4, 0.5) is 0 Å². The Morgan fingerprint density at radius 1 is 1.29 bits per heavy atom. The van der Waals surface area contributed by atoms with Crippen molar-refractivity contribution in [3.05, 3.63) is 59.5 Å². The second-order valence-electron chi connectivity index (χ2n) is 5.45. The van der Waals surface area contributed by atoms with Crippen molar-refractivity contribution in [2.45, 2.75) is 19.4 Å². The van der Waals surface area contributed by atoms with E-state index in [9.17, 15) is 0 Å². The predicted molar refractivity (Wildman–Crippen MR) is 85.2 cm³/mol. The molecule has 0 radical (unpaired) electrons. The summed E-state index contributed by atoms with van der Waals surface area (Å²) >= 11 is 0. The van der Waals surface area contributed by atoms with E-state index >= 15 is 0 Å². The number of rotatable bonds is 4. The largest absolute Gasteiger partial charge is 0.311 e. The van der Waals surface area contributed by atoms with Crippen LogP contribution in [0.25, 0.3) is 10.9 Å². The molecule has 0 aliphatic rings. The average molecular weight is 280 g/mol. The third-order valence-electron chi connectivity index (χ3n) is 3.85. The number of aryl methyl sites for hydroxylation is 2. The lowest BCUT2D eigenvalue weighted by molar-refractivity contribution is 0.577. The van der Waals surface area contributed by atoms with Crippen molar-refractivity contribution in [3.63, 3.8) is 0 Å². The molecule has 0 bridgehead atoms. The Balaban J connectivity index is 1.96. The van der Waals surface area contributed by atoms with Gasteiger partial charge in [-0.2, -0.15) is 5.10 Å². The first-order valence-corrected chi connectivity index (χ1v) is 7.18. The third kappa shape index (κ3) is 2.81. The maximum Gasteiger partial charge on any atom is 0.0708 e. The quantitative estimate of drug-likeness (QED) is 0.799. The van der Waals surface area contributed by atoms with Crippen LogP contribution in [0.5, 0.6) is 0 Å². The molecule has 21 heavy (non-hydrogen) atoms. The first-order chi connectivity index (χ1) is 10.2. The van der Waals surface area contributed by atoms with Crippen molar-refractivity contribution in [2.24, 2.45) is 7.05 Å². The van der Waals surface area contributed by atoms with Crippen molar-refractivity contribution in [1.82, 2.24) is 20.1 Å². The minimum absolute atomic E-state index is 0.192. The summed E-state index contributed by atoms with van der Waals surface area (Å²) in [5.74, 6) is 0. The summed E-state index contributed by atoms with van der Waals surface area (Å²) < 4.78 is 1.83. The SMILES string of the molecule is CNC(Cc1cnn(C)c1)c1cc(C)c2ccccc2n1. The molecular weight excluding hydrogens is 260 g/mol. The molecule has 2 heterocycles. The second kappa shape index (κ2) is 5.66. The maximum absolute atomic E-state index is 4.82. The summed E-state index contributed by atoms with van der Waals surface area (Å²) in [5.41, 5.74) is 4.61. The van der Waals surface area contributed by atoms with Crippen molar-refractivity contribution in [2.75, 3.05) is 7.05 Å². The van der Waals surface area contributed by atoms with Crippen LogP contribution in [0.1, 0.15) is 22.9 Å². The van der Waals surface area contributed by atoms with Gasteiger partial charge in [0.2, 0.25) is 0 Å². The zero-order chi connectivity index (χ0) is 14.8. The van der Waals surface area contributed by atoms with Crippen LogP contribution in [0.3, 0.4) is 0 Å². The van der Waals surface area contributed by atoms with E-state index in [-0.39, 0.29) is 6.04 Å². The van der Waals surface area contributed by atoms with Gasteiger partial charge in [-0.3, -0.25) is 9.67 Å². The molecule has 3 rings (SSSR count). The summed E-state index contributed by atoms with van der Waals surface area (Å²) in [4.78, 5) is 4.82. The van der Waals surface area contributed by atoms with Crippen molar-refractivity contribution < 1.29 is 0 Å². The van der Waals surface area contributed by atoms with Crippen LogP contribution >= 0.6 is 0 Å². The zero-order valence-electron chi connectivity index (χ0n) is 12.7. The molecule has 4 nitrogen and oxygen atoms in total. The highest BCUT2D eigenvalue weighted by Crippen LogP contribution is 2.22. The molecule has 108 valence electrons. The fourth-order valence-electron chi connectivity index (χ4n) is 2.72. The number of nitrogens with one attached hydrogen (secondary N) is 1. The van der Waals surface area contributed by atoms with Gasteiger partial charge < -0.3 is 5.32 Å². The summed E-state index contributed by atoms with van der Waals surface area (Å²) in [6.07, 6.45) is 4.85. The number of benzene rings is 1. The van der Waals surface area contributed by atoms with Gasteiger partial charge in [0, 0.05) is 18.6 Å². The lowest BCUT2D eigenvalue weighted by Gasteiger charge is -2.16. The number of aromatic nitrogens is 3. The van der Waals surface area contributed by atoms with E-state index in [0.717, 1.165) is 17.6 Å². The monoisotopic (exact) mass is 280 g/mol. The second-order valence-corrected chi connectivity index (χ2v) is 5.45. The van der Waals surface area contributed by atoms with Gasteiger partial charge in [-0.15, -0.1) is 0 Å². The standard InChI is InChI=1S/C17H20N4/c1-12-8-17(20-15-7-5-4-6-14(12)15)16(18-2)9-13-10-19-21(3)11-13/h4-8,10-11,16,18H,9H2,1-3H3. The molecule has 1 unspecified atom stereocenters. The van der Waals surface area contributed by atoms with Gasteiger partial charge >= 0.3 is 0 Å². The molecular formula is C17H20N4. The first-order valence-electron chi connectivity index (χ1n) is 7.18. The molecule has 0 saturated carbocycles. The summed E-state index contributed by atoms with van der Waals surface area (Å²) in [6.45, 7) is 2.14. The molecule has 1 N–H and O–H groups in total. The molecule has 3 aromatic rings.